The van der Waals surface area contributed by atoms with Gasteiger partial charge in [-0.15, -0.1) is 0 Å². The highest BCUT2D eigenvalue weighted by molar-refractivity contribution is 7.66. The number of nitrogens with two attached hydrogens (primary N) is 1. The number of anilines is 1. The van der Waals surface area contributed by atoms with Gasteiger partial charge in [-0.1, -0.05) is 5.11 Å². The molecule has 0 radical (unpaired) electrons. The molecule has 0 aromatic carbocycles. The fraction of sp³-hybridized carbons (Fsp3) is 0.500. The van der Waals surface area contributed by atoms with Crippen molar-refractivity contribution in [3.8, 4) is 0 Å². The second-order valence-electron chi connectivity index (χ2n) is 6.22. The quantitative estimate of drug-likeness (QED) is 0.104. The van der Waals surface area contributed by atoms with E-state index in [2.05, 4.69) is 38.1 Å². The van der Waals surface area contributed by atoms with E-state index in [0.717, 1.165) is 6.33 Å². The summed E-state index contributed by atoms with van der Waals surface area (Å²) in [7, 11) is -16.8. The van der Waals surface area contributed by atoms with Crippen molar-refractivity contribution in [3.05, 3.63) is 23.1 Å². The molecule has 23 heteroatoms. The van der Waals surface area contributed by atoms with Crippen LogP contribution < -0.4 is 5.73 Å². The number of nitrogens with zero attached hydrogens (tertiary/aromatic N) is 7. The minimum absolute atomic E-state index is 0.0295. The van der Waals surface area contributed by atoms with Crippen molar-refractivity contribution in [1.82, 2.24) is 19.5 Å². The lowest BCUT2D eigenvalue weighted by Gasteiger charge is -2.19. The lowest BCUT2D eigenvalue weighted by molar-refractivity contribution is -0.0428. The third-order valence-corrected chi connectivity index (χ3v) is 7.80. The van der Waals surface area contributed by atoms with Gasteiger partial charge in [0.2, 0.25) is 0 Å². The Bertz CT molecular complexity index is 1230. The number of aliphatic hydroxyl groups excluding tert-OH is 1. The fourth-order valence-electron chi connectivity index (χ4n) is 2.81. The minimum atomic E-state index is -5.73. The van der Waals surface area contributed by atoms with Gasteiger partial charge in [0, 0.05) is 4.91 Å². The first-order chi connectivity index (χ1) is 15.2. The van der Waals surface area contributed by atoms with Crippen molar-refractivity contribution < 1.29 is 56.3 Å². The van der Waals surface area contributed by atoms with Crippen molar-refractivity contribution in [2.24, 2.45) is 5.11 Å². The maximum absolute atomic E-state index is 11.9. The summed E-state index contributed by atoms with van der Waals surface area (Å²) in [5.74, 6) is 0.0295. The van der Waals surface area contributed by atoms with Gasteiger partial charge in [0.25, 0.3) is 0 Å². The van der Waals surface area contributed by atoms with E-state index in [-0.39, 0.29) is 17.0 Å². The van der Waals surface area contributed by atoms with Gasteiger partial charge in [-0.05, 0) is 5.53 Å². The van der Waals surface area contributed by atoms with Crippen LogP contribution in [0.5, 0.6) is 0 Å². The number of phosphoric acid groups is 3. The van der Waals surface area contributed by atoms with E-state index in [1.165, 1.54) is 10.9 Å². The average Bonchev–Trinajstić information content (AvgIpc) is 3.20. The van der Waals surface area contributed by atoms with Crippen molar-refractivity contribution in [2.45, 2.75) is 24.5 Å². The SMILES string of the molecule is [N-]=[N+]=NC1C(O)[C@@H](COP(=O)(O)OP(=O)(O)OP(=O)(O)O)O[C@H]1n1cnc2c(N)ncnc21. The van der Waals surface area contributed by atoms with Gasteiger partial charge in [-0.3, -0.25) is 9.09 Å². The van der Waals surface area contributed by atoms with E-state index in [0.29, 0.717) is 0 Å². The number of nitrogen functional groups attached to an aromatic ring is 1. The molecule has 0 amide bonds. The molecular formula is C10H15N8O12P3. The third-order valence-electron chi connectivity index (χ3n) is 4.00. The number of aromatic nitrogens is 4. The number of ether oxygens (including phenoxy) is 1. The summed E-state index contributed by atoms with van der Waals surface area (Å²) in [4.78, 5) is 50.2. The van der Waals surface area contributed by atoms with Crippen LogP contribution in [-0.2, 0) is 31.6 Å². The third kappa shape index (κ3) is 6.11. The van der Waals surface area contributed by atoms with Gasteiger partial charge in [-0.2, -0.15) is 8.62 Å². The van der Waals surface area contributed by atoms with Gasteiger partial charge < -0.3 is 35.2 Å². The molecule has 3 rings (SSSR count). The molecule has 1 saturated heterocycles. The van der Waals surface area contributed by atoms with Gasteiger partial charge in [0.15, 0.2) is 11.5 Å². The average molecular weight is 532 g/mol. The van der Waals surface area contributed by atoms with E-state index < -0.39 is 54.6 Å². The smallest absolute Gasteiger partial charge is 0.390 e. The largest absolute Gasteiger partial charge is 0.490 e. The van der Waals surface area contributed by atoms with Crippen molar-refractivity contribution in [2.75, 3.05) is 12.3 Å². The molecule has 0 bridgehead atoms. The zero-order valence-corrected chi connectivity index (χ0v) is 18.5. The highest BCUT2D eigenvalue weighted by Gasteiger charge is 2.47. The molecule has 182 valence electrons. The summed E-state index contributed by atoms with van der Waals surface area (Å²) >= 11 is 0. The van der Waals surface area contributed by atoms with Crippen molar-refractivity contribution >= 4 is 40.4 Å². The molecule has 0 saturated carbocycles. The number of hydrogen-bond acceptors (Lipinski definition) is 13. The molecule has 1 aliphatic rings. The summed E-state index contributed by atoms with van der Waals surface area (Å²) in [5, 5.41) is 13.9. The molecule has 0 aliphatic carbocycles. The molecule has 4 unspecified atom stereocenters. The van der Waals surface area contributed by atoms with Gasteiger partial charge >= 0.3 is 23.5 Å². The highest BCUT2D eigenvalue weighted by atomic mass is 31.3. The Morgan fingerprint density at radius 2 is 1.88 bits per heavy atom. The second kappa shape index (κ2) is 9.32. The number of fused-ring (bicyclic) bond motifs is 1. The Kier molecular flexibility index (Phi) is 7.24. The van der Waals surface area contributed by atoms with Crippen LogP contribution in [0, 0.1) is 0 Å². The molecule has 2 aromatic heterocycles. The topological polar surface area (TPSA) is 308 Å². The van der Waals surface area contributed by atoms with Crippen LogP contribution in [0.2, 0.25) is 0 Å². The molecule has 3 heterocycles. The molecule has 33 heavy (non-hydrogen) atoms. The first-order valence-corrected chi connectivity index (χ1v) is 12.8. The summed E-state index contributed by atoms with van der Waals surface area (Å²) in [6, 6.07) is -1.32. The number of imidazole rings is 1. The summed E-state index contributed by atoms with van der Waals surface area (Å²) in [6.07, 6.45) is -2.01. The molecule has 2 aromatic rings. The van der Waals surface area contributed by atoms with E-state index in [1.807, 2.05) is 0 Å². The Hall–Kier alpha value is -2.01. The predicted octanol–water partition coefficient (Wildman–Crippen LogP) is -0.311. The molecule has 1 fully saturated rings. The second-order valence-corrected chi connectivity index (χ2v) is 10.6. The fourth-order valence-corrected chi connectivity index (χ4v) is 5.84. The normalized spacial score (nSPS) is 27.1. The molecule has 7 N–H and O–H groups in total. The monoisotopic (exact) mass is 532 g/mol. The van der Waals surface area contributed by atoms with E-state index >= 15 is 0 Å². The zero-order chi connectivity index (χ0) is 24.6. The molecule has 20 nitrogen and oxygen atoms in total. The molecule has 6 atom stereocenters. The number of azide groups is 1. The lowest BCUT2D eigenvalue weighted by atomic mass is 10.1. The van der Waals surface area contributed by atoms with E-state index in [4.69, 9.17) is 25.8 Å². The van der Waals surface area contributed by atoms with Crippen LogP contribution in [-0.4, -0.2) is 69.1 Å². The predicted molar refractivity (Wildman–Crippen MR) is 102 cm³/mol. The van der Waals surface area contributed by atoms with Crippen molar-refractivity contribution in [1.29, 1.82) is 0 Å². The zero-order valence-electron chi connectivity index (χ0n) is 15.8. The van der Waals surface area contributed by atoms with Crippen LogP contribution in [0.15, 0.2) is 17.8 Å². The number of phosphoric ester groups is 1. The highest BCUT2D eigenvalue weighted by Crippen LogP contribution is 2.66. The Morgan fingerprint density at radius 3 is 2.52 bits per heavy atom. The maximum Gasteiger partial charge on any atom is 0.490 e. The van der Waals surface area contributed by atoms with Crippen LogP contribution in [0.25, 0.3) is 21.6 Å². The summed E-state index contributed by atoms with van der Waals surface area (Å²) in [5.41, 5.74) is 14.9. The number of hydrogen-bond donors (Lipinski definition) is 6. The first kappa shape index (κ1) is 25.6. The Balaban J connectivity index is 1.77. The van der Waals surface area contributed by atoms with Crippen molar-refractivity contribution in [3.63, 3.8) is 0 Å². The number of aliphatic hydroxyl groups is 1. The maximum atomic E-state index is 11.9. The lowest BCUT2D eigenvalue weighted by Crippen LogP contribution is -2.32. The van der Waals surface area contributed by atoms with Gasteiger partial charge in [0.1, 0.15) is 30.2 Å². The Labute approximate surface area is 182 Å². The van der Waals surface area contributed by atoms with Crippen LogP contribution in [0.3, 0.4) is 0 Å². The van der Waals surface area contributed by atoms with Gasteiger partial charge in [0.05, 0.1) is 19.0 Å². The summed E-state index contributed by atoms with van der Waals surface area (Å²) in [6.45, 7) is -0.970. The van der Waals surface area contributed by atoms with E-state index in [9.17, 15) is 28.6 Å². The molecule has 0 spiro atoms. The van der Waals surface area contributed by atoms with Crippen LogP contribution in [0.4, 0.5) is 5.82 Å². The standard InChI is InChI=1S/C10H15N8O12P3/c11-8-6-9(14-2-13-8)18(3-15-6)10-5(16-17-12)7(19)4(28-10)1-27-32(23,24)30-33(25,26)29-31(20,21)22/h2-5,7,10,19H,1H2,(H,23,24)(H,25,26)(H2,11,13,14)(H2,20,21,22)/t4-,5?,7?,10-/m1/s1. The van der Waals surface area contributed by atoms with E-state index in [1.54, 1.807) is 0 Å². The molecule has 1 aliphatic heterocycles. The van der Waals surface area contributed by atoms with Gasteiger partial charge in [-0.25, -0.2) is 28.6 Å². The van der Waals surface area contributed by atoms with Crippen LogP contribution >= 0.6 is 23.5 Å². The summed E-state index contributed by atoms with van der Waals surface area (Å²) < 4.78 is 52.4. The number of rotatable bonds is 9. The van der Waals surface area contributed by atoms with Crippen LogP contribution in [0.1, 0.15) is 6.23 Å². The first-order valence-electron chi connectivity index (χ1n) is 8.32. The minimum Gasteiger partial charge on any atom is -0.390 e. The molecular weight excluding hydrogens is 517 g/mol. The Morgan fingerprint density at radius 1 is 1.18 bits per heavy atom.